The highest BCUT2D eigenvalue weighted by Gasteiger charge is 2.03. The Morgan fingerprint density at radius 3 is 2.58 bits per heavy atom. The van der Waals surface area contributed by atoms with Crippen molar-refractivity contribution in [3.8, 4) is 0 Å². The molecule has 19 heavy (non-hydrogen) atoms. The van der Waals surface area contributed by atoms with Gasteiger partial charge in [-0.05, 0) is 23.3 Å². The number of hydrogen-bond donors (Lipinski definition) is 3. The average Bonchev–Trinajstić information content (AvgIpc) is 2.69. The van der Waals surface area contributed by atoms with Crippen LogP contribution in [-0.2, 0) is 11.3 Å². The van der Waals surface area contributed by atoms with E-state index in [4.69, 9.17) is 5.11 Å². The molecule has 0 unspecified atom stereocenters. The van der Waals surface area contributed by atoms with Crippen LogP contribution in [0.1, 0.15) is 11.1 Å². The molecular formula is C12H11N3O4. The molecule has 0 aliphatic heterocycles. The predicted molar refractivity (Wildman–Crippen MR) is 67.9 cm³/mol. The number of aliphatic carboxylic acids is 1. The first-order chi connectivity index (χ1) is 9.06. The fourth-order valence-electron chi connectivity index (χ4n) is 1.62. The van der Waals surface area contributed by atoms with Crippen LogP contribution in [0.4, 0.5) is 0 Å². The molecule has 1 aromatic carbocycles. The van der Waals surface area contributed by atoms with Gasteiger partial charge in [-0.25, -0.2) is 29.1 Å². The number of carboxylic acids is 1. The Morgan fingerprint density at radius 1 is 1.26 bits per heavy atom. The first-order valence-electron chi connectivity index (χ1n) is 5.44. The minimum absolute atomic E-state index is 0.117. The summed E-state index contributed by atoms with van der Waals surface area (Å²) in [5, 5.41) is 12.9. The van der Waals surface area contributed by atoms with Crippen LogP contribution in [-0.4, -0.2) is 25.8 Å². The van der Waals surface area contributed by atoms with Gasteiger partial charge in [-0.2, -0.15) is 0 Å². The number of carboxylic acid groups (broad SMARTS) is 1. The van der Waals surface area contributed by atoms with Crippen molar-refractivity contribution in [1.29, 1.82) is 0 Å². The van der Waals surface area contributed by atoms with Gasteiger partial charge in [0, 0.05) is 6.08 Å². The molecule has 1 heterocycles. The van der Waals surface area contributed by atoms with E-state index in [9.17, 15) is 14.4 Å². The molecule has 0 fully saturated rings. The van der Waals surface area contributed by atoms with Crippen molar-refractivity contribution in [3.05, 3.63) is 62.4 Å². The number of H-pyrrole nitrogens is 2. The molecule has 1 aromatic heterocycles. The van der Waals surface area contributed by atoms with Gasteiger partial charge in [-0.3, -0.25) is 0 Å². The summed E-state index contributed by atoms with van der Waals surface area (Å²) in [6.07, 6.45) is 2.46. The molecule has 3 N–H and O–H groups in total. The van der Waals surface area contributed by atoms with E-state index in [1.807, 2.05) is 0 Å². The molecule has 0 saturated heterocycles. The molecule has 2 aromatic rings. The molecule has 0 atom stereocenters. The number of hydrogen-bond acceptors (Lipinski definition) is 3. The molecule has 0 bridgehead atoms. The standard InChI is InChI=1S/C12H11N3O4/c16-10(17)5-4-8-2-1-3-9(6-8)7-15-11(18)13-14-12(15)19/h1-6H,7H2,(H,13,18)(H,14,19)(H,16,17)/b5-4+. The molecule has 7 nitrogen and oxygen atoms in total. The molecule has 0 amide bonds. The maximum Gasteiger partial charge on any atom is 0.344 e. The first-order valence-corrected chi connectivity index (χ1v) is 5.44. The van der Waals surface area contributed by atoms with Gasteiger partial charge in [0.15, 0.2) is 0 Å². The maximum atomic E-state index is 11.3. The summed E-state index contributed by atoms with van der Waals surface area (Å²) in [4.78, 5) is 33.1. The zero-order valence-electron chi connectivity index (χ0n) is 9.79. The van der Waals surface area contributed by atoms with E-state index >= 15 is 0 Å². The Bertz CT molecular complexity index is 708. The Balaban J connectivity index is 2.27. The largest absolute Gasteiger partial charge is 0.478 e. The molecule has 0 aliphatic rings. The molecule has 0 spiro atoms. The number of aromatic nitrogens is 3. The number of carbonyl (C=O) groups is 1. The quantitative estimate of drug-likeness (QED) is 0.674. The zero-order valence-corrected chi connectivity index (χ0v) is 9.79. The van der Waals surface area contributed by atoms with Crippen LogP contribution in [0.5, 0.6) is 0 Å². The number of rotatable bonds is 4. The van der Waals surface area contributed by atoms with Crippen molar-refractivity contribution in [2.45, 2.75) is 6.54 Å². The second-order valence-electron chi connectivity index (χ2n) is 3.86. The summed E-state index contributed by atoms with van der Waals surface area (Å²) in [7, 11) is 0. The Morgan fingerprint density at radius 2 is 1.95 bits per heavy atom. The molecule has 0 radical (unpaired) electrons. The van der Waals surface area contributed by atoms with Gasteiger partial charge >= 0.3 is 17.3 Å². The number of nitrogens with one attached hydrogen (secondary N) is 2. The number of benzene rings is 1. The topological polar surface area (TPSA) is 108 Å². The molecule has 2 rings (SSSR count). The lowest BCUT2D eigenvalue weighted by Gasteiger charge is -2.01. The first kappa shape index (κ1) is 12.6. The van der Waals surface area contributed by atoms with Crippen LogP contribution in [0.2, 0.25) is 0 Å². The summed E-state index contributed by atoms with van der Waals surface area (Å²) in [6.45, 7) is 0.117. The minimum Gasteiger partial charge on any atom is -0.478 e. The van der Waals surface area contributed by atoms with Crippen LogP contribution in [0, 0.1) is 0 Å². The van der Waals surface area contributed by atoms with E-state index < -0.39 is 17.3 Å². The predicted octanol–water partition coefficient (Wildman–Crippen LogP) is 0.0108. The number of nitrogens with zero attached hydrogens (tertiary/aromatic N) is 1. The Labute approximate surface area is 106 Å². The lowest BCUT2D eigenvalue weighted by molar-refractivity contribution is -0.131. The van der Waals surface area contributed by atoms with Gasteiger partial charge in [-0.15, -0.1) is 0 Å². The van der Waals surface area contributed by atoms with E-state index in [-0.39, 0.29) is 6.54 Å². The van der Waals surface area contributed by atoms with Crippen LogP contribution in [0.3, 0.4) is 0 Å². The van der Waals surface area contributed by atoms with Crippen molar-refractivity contribution in [3.63, 3.8) is 0 Å². The summed E-state index contributed by atoms with van der Waals surface area (Å²) in [5.41, 5.74) is 0.368. The Kier molecular flexibility index (Phi) is 3.46. The maximum absolute atomic E-state index is 11.3. The average molecular weight is 261 g/mol. The lowest BCUT2D eigenvalue weighted by atomic mass is 10.1. The molecule has 0 aliphatic carbocycles. The third kappa shape index (κ3) is 3.09. The van der Waals surface area contributed by atoms with Crippen molar-refractivity contribution >= 4 is 12.0 Å². The zero-order chi connectivity index (χ0) is 13.8. The van der Waals surface area contributed by atoms with Crippen LogP contribution in [0.25, 0.3) is 6.08 Å². The van der Waals surface area contributed by atoms with Crippen LogP contribution < -0.4 is 11.4 Å². The number of aromatic amines is 2. The van der Waals surface area contributed by atoms with Gasteiger partial charge in [0.05, 0.1) is 6.54 Å². The normalized spacial score (nSPS) is 10.9. The molecule has 0 saturated carbocycles. The van der Waals surface area contributed by atoms with Gasteiger partial charge in [0.25, 0.3) is 0 Å². The van der Waals surface area contributed by atoms with Gasteiger partial charge in [0.1, 0.15) is 0 Å². The second-order valence-corrected chi connectivity index (χ2v) is 3.86. The smallest absolute Gasteiger partial charge is 0.344 e. The van der Waals surface area contributed by atoms with Gasteiger partial charge in [0.2, 0.25) is 0 Å². The molecule has 98 valence electrons. The molecular weight excluding hydrogens is 250 g/mol. The lowest BCUT2D eigenvalue weighted by Crippen LogP contribution is -2.26. The SMILES string of the molecule is O=C(O)/C=C/c1cccc(Cn2c(=O)[nH][nH]c2=O)c1. The highest BCUT2D eigenvalue weighted by atomic mass is 16.4. The summed E-state index contributed by atoms with van der Waals surface area (Å²) < 4.78 is 1.01. The van der Waals surface area contributed by atoms with Crippen molar-refractivity contribution in [2.24, 2.45) is 0 Å². The van der Waals surface area contributed by atoms with Gasteiger partial charge in [-0.1, -0.05) is 18.2 Å². The summed E-state index contributed by atoms with van der Waals surface area (Å²) in [6, 6.07) is 6.91. The van der Waals surface area contributed by atoms with E-state index in [0.29, 0.717) is 5.56 Å². The second kappa shape index (κ2) is 5.21. The molecule has 7 heteroatoms. The minimum atomic E-state index is -1.04. The highest BCUT2D eigenvalue weighted by Crippen LogP contribution is 2.07. The van der Waals surface area contributed by atoms with E-state index in [2.05, 4.69) is 10.2 Å². The van der Waals surface area contributed by atoms with Gasteiger partial charge < -0.3 is 5.11 Å². The van der Waals surface area contributed by atoms with Crippen LogP contribution >= 0.6 is 0 Å². The van der Waals surface area contributed by atoms with Crippen molar-refractivity contribution < 1.29 is 9.90 Å². The summed E-state index contributed by atoms with van der Waals surface area (Å²) >= 11 is 0. The fourth-order valence-corrected chi connectivity index (χ4v) is 1.62. The van der Waals surface area contributed by atoms with Crippen molar-refractivity contribution in [2.75, 3.05) is 0 Å². The summed E-state index contributed by atoms with van der Waals surface area (Å²) in [5.74, 6) is -1.04. The third-order valence-electron chi connectivity index (χ3n) is 2.48. The van der Waals surface area contributed by atoms with E-state index in [1.165, 1.54) is 6.08 Å². The van der Waals surface area contributed by atoms with E-state index in [1.54, 1.807) is 24.3 Å². The van der Waals surface area contributed by atoms with Crippen LogP contribution in [0.15, 0.2) is 39.9 Å². The van der Waals surface area contributed by atoms with Crippen molar-refractivity contribution in [1.82, 2.24) is 14.8 Å². The third-order valence-corrected chi connectivity index (χ3v) is 2.48. The Hall–Kier alpha value is -2.83. The monoisotopic (exact) mass is 261 g/mol. The van der Waals surface area contributed by atoms with E-state index in [0.717, 1.165) is 16.2 Å². The fraction of sp³-hybridized carbons (Fsp3) is 0.0833. The highest BCUT2D eigenvalue weighted by molar-refractivity contribution is 5.85.